The summed E-state index contributed by atoms with van der Waals surface area (Å²) in [6, 6.07) is 14.8. The molecule has 1 unspecified atom stereocenters. The maximum absolute atomic E-state index is 14.0. The maximum Gasteiger partial charge on any atom is 0.225 e. The van der Waals surface area contributed by atoms with Crippen molar-refractivity contribution in [1.82, 2.24) is 10.6 Å². The number of para-hydroxylation sites is 1. The molecule has 7 heteroatoms. The first-order valence-corrected chi connectivity index (χ1v) is 11.3. The van der Waals surface area contributed by atoms with Crippen molar-refractivity contribution in [3.63, 3.8) is 0 Å². The number of ether oxygens (including phenoxy) is 1. The number of carbonyl (C=O) groups is 1. The maximum atomic E-state index is 14.0. The molecular weight excluding hydrogens is 407 g/mol. The molecule has 0 saturated carbocycles. The number of rotatable bonds is 6. The molecule has 32 heavy (non-hydrogen) atoms. The van der Waals surface area contributed by atoms with E-state index in [0.717, 1.165) is 36.2 Å². The minimum Gasteiger partial charge on any atom is -0.381 e. The molecule has 4 rings (SSSR count). The number of hydrogen-bond acceptors (Lipinski definition) is 3. The van der Waals surface area contributed by atoms with Gasteiger partial charge in [0.15, 0.2) is 5.96 Å². The Morgan fingerprint density at radius 1 is 1.19 bits per heavy atom. The van der Waals surface area contributed by atoms with Crippen LogP contribution in [-0.4, -0.2) is 44.7 Å². The highest BCUT2D eigenvalue weighted by molar-refractivity contribution is 5.94. The number of anilines is 1. The number of nitrogens with one attached hydrogen (secondary N) is 3. The van der Waals surface area contributed by atoms with Gasteiger partial charge in [-0.15, -0.1) is 0 Å². The predicted octanol–water partition coefficient (Wildman–Crippen LogP) is 3.56. The Kier molecular flexibility index (Phi) is 7.05. The lowest BCUT2D eigenvalue weighted by molar-refractivity contribution is -0.116. The average molecular weight is 439 g/mol. The molecule has 2 heterocycles. The van der Waals surface area contributed by atoms with Gasteiger partial charge < -0.3 is 20.7 Å². The lowest BCUT2D eigenvalue weighted by Crippen LogP contribution is -2.43. The summed E-state index contributed by atoms with van der Waals surface area (Å²) in [5, 5.41) is 9.68. The van der Waals surface area contributed by atoms with E-state index in [1.807, 2.05) is 31.2 Å². The van der Waals surface area contributed by atoms with Gasteiger partial charge in [-0.1, -0.05) is 30.3 Å². The molecule has 0 aromatic heterocycles. The average Bonchev–Trinajstić information content (AvgIpc) is 2.81. The number of halogens is 1. The van der Waals surface area contributed by atoms with Gasteiger partial charge in [-0.3, -0.25) is 9.79 Å². The van der Waals surface area contributed by atoms with Crippen LogP contribution in [0.5, 0.6) is 0 Å². The van der Waals surface area contributed by atoms with Gasteiger partial charge in [0.2, 0.25) is 5.91 Å². The minimum atomic E-state index is -0.250. The predicted molar refractivity (Wildman–Crippen MR) is 125 cm³/mol. The van der Waals surface area contributed by atoms with E-state index in [9.17, 15) is 9.18 Å². The van der Waals surface area contributed by atoms with Gasteiger partial charge in [-0.25, -0.2) is 4.39 Å². The fourth-order valence-electron chi connectivity index (χ4n) is 4.59. The molecule has 0 radical (unpaired) electrons. The third-order valence-corrected chi connectivity index (χ3v) is 6.39. The number of guanidine groups is 1. The normalized spacial score (nSPS) is 20.2. The second-order valence-corrected chi connectivity index (χ2v) is 8.52. The van der Waals surface area contributed by atoms with E-state index in [0.29, 0.717) is 38.7 Å². The van der Waals surface area contributed by atoms with Crippen molar-refractivity contribution in [2.45, 2.75) is 37.5 Å². The number of aliphatic imine (C=N–C) groups is 1. The molecule has 2 aliphatic heterocycles. The fourth-order valence-corrected chi connectivity index (χ4v) is 4.59. The van der Waals surface area contributed by atoms with Crippen LogP contribution in [-0.2, 0) is 14.9 Å². The van der Waals surface area contributed by atoms with Crippen LogP contribution in [0.15, 0.2) is 53.5 Å². The zero-order chi connectivity index (χ0) is 22.4. The van der Waals surface area contributed by atoms with Crippen molar-refractivity contribution in [3.8, 4) is 0 Å². The Hall–Kier alpha value is -2.93. The number of fused-ring (bicyclic) bond motifs is 1. The van der Waals surface area contributed by atoms with Crippen LogP contribution in [0.25, 0.3) is 0 Å². The number of hydrogen-bond donors (Lipinski definition) is 3. The van der Waals surface area contributed by atoms with Crippen molar-refractivity contribution in [2.24, 2.45) is 4.99 Å². The zero-order valence-corrected chi connectivity index (χ0v) is 18.5. The van der Waals surface area contributed by atoms with Gasteiger partial charge in [0.25, 0.3) is 0 Å². The Morgan fingerprint density at radius 2 is 2.00 bits per heavy atom. The summed E-state index contributed by atoms with van der Waals surface area (Å²) in [4.78, 5) is 17.0. The van der Waals surface area contributed by atoms with Crippen molar-refractivity contribution < 1.29 is 13.9 Å². The molecule has 0 bridgehead atoms. The van der Waals surface area contributed by atoms with E-state index in [2.05, 4.69) is 22.0 Å². The van der Waals surface area contributed by atoms with Crippen LogP contribution in [0.4, 0.5) is 10.1 Å². The Balaban J connectivity index is 1.50. The SMILES string of the molecule is CCNC(=NCC1(c2cccc(F)c2)CCOCC1)NCC1CC(=O)Nc2ccccc21. The molecule has 0 aliphatic carbocycles. The first kappa shape index (κ1) is 22.3. The number of nitrogens with zero attached hydrogens (tertiary/aromatic N) is 1. The summed E-state index contributed by atoms with van der Waals surface area (Å²) in [7, 11) is 0. The standard InChI is InChI=1S/C25H31FN4O2/c1-2-27-24(28-16-18-14-23(31)30-22-9-4-3-8-21(18)22)29-17-25(10-12-32-13-11-25)19-6-5-7-20(26)15-19/h3-9,15,18H,2,10-14,16-17H2,1H3,(H,30,31)(H2,27,28,29). The fraction of sp³-hybridized carbons (Fsp3) is 0.440. The highest BCUT2D eigenvalue weighted by Crippen LogP contribution is 2.36. The van der Waals surface area contributed by atoms with Gasteiger partial charge >= 0.3 is 0 Å². The zero-order valence-electron chi connectivity index (χ0n) is 18.5. The molecule has 1 atom stereocenters. The first-order valence-electron chi connectivity index (χ1n) is 11.3. The van der Waals surface area contributed by atoms with Crippen LogP contribution in [0.3, 0.4) is 0 Å². The molecule has 0 spiro atoms. The highest BCUT2D eigenvalue weighted by Gasteiger charge is 2.35. The molecule has 2 aromatic carbocycles. The Morgan fingerprint density at radius 3 is 2.78 bits per heavy atom. The van der Waals surface area contributed by atoms with E-state index in [1.54, 1.807) is 12.1 Å². The van der Waals surface area contributed by atoms with Gasteiger partial charge in [0, 0.05) is 49.7 Å². The summed E-state index contributed by atoms with van der Waals surface area (Å²) < 4.78 is 19.6. The molecule has 2 aliphatic rings. The quantitative estimate of drug-likeness (QED) is 0.476. The van der Waals surface area contributed by atoms with E-state index in [1.165, 1.54) is 6.07 Å². The van der Waals surface area contributed by atoms with Crippen molar-refractivity contribution in [2.75, 3.05) is 38.2 Å². The monoisotopic (exact) mass is 438 g/mol. The second kappa shape index (κ2) is 10.1. The van der Waals surface area contributed by atoms with Gasteiger partial charge in [-0.2, -0.15) is 0 Å². The van der Waals surface area contributed by atoms with Crippen molar-refractivity contribution in [3.05, 3.63) is 65.5 Å². The molecule has 1 fully saturated rings. The van der Waals surface area contributed by atoms with Crippen LogP contribution in [0, 0.1) is 5.82 Å². The number of carbonyl (C=O) groups excluding carboxylic acids is 1. The summed E-state index contributed by atoms with van der Waals surface area (Å²) in [6.07, 6.45) is 2.04. The van der Waals surface area contributed by atoms with E-state index in [-0.39, 0.29) is 23.1 Å². The highest BCUT2D eigenvalue weighted by atomic mass is 19.1. The van der Waals surface area contributed by atoms with Crippen LogP contribution < -0.4 is 16.0 Å². The third kappa shape index (κ3) is 5.10. The van der Waals surface area contributed by atoms with Crippen molar-refractivity contribution in [1.29, 1.82) is 0 Å². The third-order valence-electron chi connectivity index (χ3n) is 6.39. The Labute approximate surface area is 188 Å². The molecule has 3 N–H and O–H groups in total. The first-order chi connectivity index (χ1) is 15.6. The minimum absolute atomic E-state index is 0.0321. The summed E-state index contributed by atoms with van der Waals surface area (Å²) in [5.74, 6) is 0.587. The van der Waals surface area contributed by atoms with E-state index >= 15 is 0 Å². The molecule has 6 nitrogen and oxygen atoms in total. The van der Waals surface area contributed by atoms with Gasteiger partial charge in [0.1, 0.15) is 5.82 Å². The van der Waals surface area contributed by atoms with E-state index in [4.69, 9.17) is 9.73 Å². The number of amides is 1. The van der Waals surface area contributed by atoms with Crippen LogP contribution >= 0.6 is 0 Å². The molecule has 2 aromatic rings. The smallest absolute Gasteiger partial charge is 0.225 e. The summed E-state index contributed by atoms with van der Waals surface area (Å²) in [5.41, 5.74) is 2.74. The molecule has 170 valence electrons. The van der Waals surface area contributed by atoms with Crippen LogP contribution in [0.1, 0.15) is 43.2 Å². The lowest BCUT2D eigenvalue weighted by Gasteiger charge is -2.36. The number of benzene rings is 2. The Bertz CT molecular complexity index is 972. The summed E-state index contributed by atoms with van der Waals surface area (Å²) in [6.45, 7) is 5.18. The van der Waals surface area contributed by atoms with Gasteiger partial charge in [0.05, 0.1) is 6.54 Å². The van der Waals surface area contributed by atoms with Gasteiger partial charge in [-0.05, 0) is 49.1 Å². The topological polar surface area (TPSA) is 74.8 Å². The van der Waals surface area contributed by atoms with Crippen molar-refractivity contribution >= 4 is 17.6 Å². The van der Waals surface area contributed by atoms with Crippen LogP contribution in [0.2, 0.25) is 0 Å². The summed E-state index contributed by atoms with van der Waals surface area (Å²) >= 11 is 0. The molecule has 1 amide bonds. The largest absolute Gasteiger partial charge is 0.381 e. The lowest BCUT2D eigenvalue weighted by atomic mass is 9.74. The molecular formula is C25H31FN4O2. The van der Waals surface area contributed by atoms with E-state index < -0.39 is 0 Å². The molecule has 1 saturated heterocycles. The second-order valence-electron chi connectivity index (χ2n) is 8.52.